The highest BCUT2D eigenvalue weighted by atomic mass is 16.5. The number of aromatic nitrogens is 1. The van der Waals surface area contributed by atoms with Crippen molar-refractivity contribution in [2.75, 3.05) is 0 Å². The first-order valence-electron chi connectivity index (χ1n) is 18.4. The van der Waals surface area contributed by atoms with Gasteiger partial charge in [-0.2, -0.15) is 0 Å². The highest BCUT2D eigenvalue weighted by Gasteiger charge is 2.40. The van der Waals surface area contributed by atoms with Crippen LogP contribution in [0, 0.1) is 5.92 Å². The highest BCUT2D eigenvalue weighted by Crippen LogP contribution is 2.47. The van der Waals surface area contributed by atoms with Gasteiger partial charge < -0.3 is 18.5 Å². The van der Waals surface area contributed by atoms with Crippen LogP contribution in [-0.4, -0.2) is 16.8 Å². The van der Waals surface area contributed by atoms with Crippen LogP contribution in [0.25, 0.3) is 61.4 Å². The molecule has 1 saturated heterocycles. The van der Waals surface area contributed by atoms with Crippen LogP contribution in [0.3, 0.4) is 0 Å². The average Bonchev–Trinajstić information content (AvgIpc) is 3.96. The van der Waals surface area contributed by atoms with Crippen molar-refractivity contribution in [2.24, 2.45) is 5.92 Å². The van der Waals surface area contributed by atoms with Crippen molar-refractivity contribution in [1.82, 2.24) is 4.57 Å². The molecule has 2 aromatic heterocycles. The van der Waals surface area contributed by atoms with E-state index in [4.69, 9.17) is 13.9 Å². The molecular formula is C48H33NO3. The van der Waals surface area contributed by atoms with Crippen molar-refractivity contribution in [1.29, 1.82) is 0 Å². The number of rotatable bonds is 3. The van der Waals surface area contributed by atoms with E-state index in [0.717, 1.165) is 51.6 Å². The summed E-state index contributed by atoms with van der Waals surface area (Å²) in [6, 6.07) is 41.3. The molecule has 3 aliphatic carbocycles. The molecule has 1 fully saturated rings. The predicted octanol–water partition coefficient (Wildman–Crippen LogP) is 9.75. The van der Waals surface area contributed by atoms with E-state index in [0.29, 0.717) is 0 Å². The monoisotopic (exact) mass is 671 g/mol. The van der Waals surface area contributed by atoms with Gasteiger partial charge >= 0.3 is 0 Å². The van der Waals surface area contributed by atoms with E-state index >= 15 is 0 Å². The Morgan fingerprint density at radius 3 is 2.33 bits per heavy atom. The molecule has 0 N–H and O–H groups in total. The number of benzene rings is 5. The van der Waals surface area contributed by atoms with Gasteiger partial charge in [0, 0.05) is 33.3 Å². The van der Waals surface area contributed by atoms with Crippen molar-refractivity contribution in [3.05, 3.63) is 179 Å². The average molecular weight is 672 g/mol. The second-order valence-electron chi connectivity index (χ2n) is 14.6. The van der Waals surface area contributed by atoms with Gasteiger partial charge in [-0.15, -0.1) is 0 Å². The van der Waals surface area contributed by atoms with Crippen LogP contribution in [0.4, 0.5) is 0 Å². The maximum absolute atomic E-state index is 6.77. The maximum atomic E-state index is 6.77. The molecule has 52 heavy (non-hydrogen) atoms. The number of fused-ring (bicyclic) bond motifs is 12. The summed E-state index contributed by atoms with van der Waals surface area (Å²) in [4.78, 5) is 0. The SMILES string of the molecule is C1=CC2OC3CC=C(c4ccc5oc6c(c5c4)=C4Oc5ccc(-n7c8ccccc8c8ccccc87)cc5C4CC=6)C=C3C2C=C1c1ccccc1. The lowest BCUT2D eigenvalue weighted by atomic mass is 9.82. The second-order valence-corrected chi connectivity index (χ2v) is 14.6. The first kappa shape index (κ1) is 28.6. The van der Waals surface area contributed by atoms with E-state index in [1.165, 1.54) is 55.2 Å². The molecule has 5 aromatic carbocycles. The minimum atomic E-state index is 0.0836. The van der Waals surface area contributed by atoms with Crippen LogP contribution in [0.1, 0.15) is 35.4 Å². The lowest BCUT2D eigenvalue weighted by Crippen LogP contribution is -2.29. The zero-order valence-corrected chi connectivity index (χ0v) is 28.3. The standard InChI is InChI=1S/C48H33NO3/c1-2-8-28(9-3-1)29-14-19-42-36(24-29)37-25-30(15-20-43(37)50-42)31-16-21-45-39(26-31)47-46(51-45)23-18-35-38-27-32(17-22-44(38)52-48(35)47)49-40-12-6-4-10-33(40)34-11-5-7-13-41(34)49/h1-17,19,21-27,35-36,42-43H,18,20H2. The molecule has 12 rings (SSSR count). The molecule has 0 bridgehead atoms. The number of ether oxygens (including phenoxy) is 2. The third kappa shape index (κ3) is 4.07. The molecule has 0 saturated carbocycles. The zero-order chi connectivity index (χ0) is 33.9. The minimum absolute atomic E-state index is 0.0836. The Morgan fingerprint density at radius 1 is 0.673 bits per heavy atom. The Bertz CT molecular complexity index is 2880. The van der Waals surface area contributed by atoms with E-state index in [1.54, 1.807) is 0 Å². The lowest BCUT2D eigenvalue weighted by molar-refractivity contribution is 0.0742. The molecule has 4 heterocycles. The van der Waals surface area contributed by atoms with E-state index in [2.05, 4.69) is 156 Å². The number of para-hydroxylation sites is 2. The molecule has 2 aliphatic heterocycles. The van der Waals surface area contributed by atoms with Gasteiger partial charge in [0.05, 0.1) is 34.4 Å². The van der Waals surface area contributed by atoms with Crippen molar-refractivity contribution >= 4 is 55.8 Å². The third-order valence-electron chi connectivity index (χ3n) is 11.8. The molecule has 248 valence electrons. The summed E-state index contributed by atoms with van der Waals surface area (Å²) in [7, 11) is 0. The van der Waals surface area contributed by atoms with E-state index in [1.807, 2.05) is 0 Å². The van der Waals surface area contributed by atoms with Crippen molar-refractivity contribution in [3.8, 4) is 11.4 Å². The summed E-state index contributed by atoms with van der Waals surface area (Å²) >= 11 is 0. The number of allylic oxidation sites excluding steroid dienone is 4. The molecule has 0 spiro atoms. The van der Waals surface area contributed by atoms with E-state index in [-0.39, 0.29) is 24.0 Å². The van der Waals surface area contributed by atoms with E-state index in [9.17, 15) is 0 Å². The first-order chi connectivity index (χ1) is 25.7. The third-order valence-corrected chi connectivity index (χ3v) is 11.8. The quantitative estimate of drug-likeness (QED) is 0.188. The Morgan fingerprint density at radius 2 is 1.48 bits per heavy atom. The first-order valence-corrected chi connectivity index (χ1v) is 18.4. The molecule has 4 nitrogen and oxygen atoms in total. The molecule has 4 heteroatoms. The minimum Gasteiger partial charge on any atom is -0.460 e. The van der Waals surface area contributed by atoms with Gasteiger partial charge in [0.1, 0.15) is 22.5 Å². The van der Waals surface area contributed by atoms with Gasteiger partial charge in [0.2, 0.25) is 0 Å². The Balaban J connectivity index is 0.938. The fourth-order valence-corrected chi connectivity index (χ4v) is 9.39. The summed E-state index contributed by atoms with van der Waals surface area (Å²) in [5, 5.41) is 4.72. The van der Waals surface area contributed by atoms with Crippen LogP contribution in [0.15, 0.2) is 156 Å². The fraction of sp³-hybridized carbons (Fsp3) is 0.125. The Labute approximate surface area is 300 Å². The Hall–Kier alpha value is -6.10. The number of hydrogen-bond acceptors (Lipinski definition) is 3. The maximum Gasteiger partial charge on any atom is 0.135 e. The van der Waals surface area contributed by atoms with Gasteiger partial charge in [-0.25, -0.2) is 0 Å². The molecule has 4 atom stereocenters. The summed E-state index contributed by atoms with van der Waals surface area (Å²) in [6.07, 6.45) is 15.7. The van der Waals surface area contributed by atoms with Crippen LogP contribution < -0.4 is 15.4 Å². The van der Waals surface area contributed by atoms with Crippen LogP contribution in [-0.2, 0) is 4.74 Å². The second kappa shape index (κ2) is 10.7. The molecule has 5 aliphatic rings. The van der Waals surface area contributed by atoms with Gasteiger partial charge in [-0.1, -0.05) is 103 Å². The molecule has 4 unspecified atom stereocenters. The van der Waals surface area contributed by atoms with Crippen LogP contribution in [0.5, 0.6) is 5.75 Å². The number of hydrogen-bond donors (Lipinski definition) is 0. The Kier molecular flexibility index (Phi) is 5.88. The van der Waals surface area contributed by atoms with Crippen molar-refractivity contribution in [2.45, 2.75) is 31.0 Å². The van der Waals surface area contributed by atoms with Gasteiger partial charge in [0.15, 0.2) is 0 Å². The normalized spacial score (nSPS) is 22.5. The lowest BCUT2D eigenvalue weighted by Gasteiger charge is -2.20. The molecular weight excluding hydrogens is 639 g/mol. The smallest absolute Gasteiger partial charge is 0.135 e. The molecule has 7 aromatic rings. The largest absolute Gasteiger partial charge is 0.460 e. The summed E-state index contributed by atoms with van der Waals surface area (Å²) < 4.78 is 22.2. The molecule has 0 radical (unpaired) electrons. The van der Waals surface area contributed by atoms with Crippen LogP contribution in [0.2, 0.25) is 0 Å². The summed E-state index contributed by atoms with van der Waals surface area (Å²) in [5.41, 5.74) is 12.9. The zero-order valence-electron chi connectivity index (χ0n) is 28.3. The summed E-state index contributed by atoms with van der Waals surface area (Å²) in [5.74, 6) is 2.30. The number of furan rings is 1. The van der Waals surface area contributed by atoms with Crippen molar-refractivity contribution in [3.63, 3.8) is 0 Å². The van der Waals surface area contributed by atoms with Crippen molar-refractivity contribution < 1.29 is 13.9 Å². The van der Waals surface area contributed by atoms with E-state index < -0.39 is 0 Å². The van der Waals surface area contributed by atoms with Gasteiger partial charge in [-0.3, -0.25) is 0 Å². The molecule has 0 amide bonds. The topological polar surface area (TPSA) is 36.5 Å². The van der Waals surface area contributed by atoms with Gasteiger partial charge in [-0.05, 0) is 89.2 Å². The van der Waals surface area contributed by atoms with Crippen LogP contribution >= 0.6 is 0 Å². The summed E-state index contributed by atoms with van der Waals surface area (Å²) in [6.45, 7) is 0. The highest BCUT2D eigenvalue weighted by molar-refractivity contribution is 6.09. The fourth-order valence-electron chi connectivity index (χ4n) is 9.39. The number of nitrogens with zero attached hydrogens (tertiary/aromatic N) is 1. The predicted molar refractivity (Wildman–Crippen MR) is 208 cm³/mol. The van der Waals surface area contributed by atoms with Gasteiger partial charge in [0.25, 0.3) is 0 Å².